The van der Waals surface area contributed by atoms with Crippen molar-refractivity contribution in [1.29, 1.82) is 0 Å². The second-order valence-corrected chi connectivity index (χ2v) is 5.94. The largest absolute Gasteiger partial charge is 0.491 e. The number of nitrogens with two attached hydrogens (primary N) is 1. The van der Waals surface area contributed by atoms with Crippen molar-refractivity contribution in [1.82, 2.24) is 9.78 Å². The molecule has 0 atom stereocenters. The Kier molecular flexibility index (Phi) is 3.41. The molecule has 4 nitrogen and oxygen atoms in total. The minimum Gasteiger partial charge on any atom is -0.491 e. The quantitative estimate of drug-likeness (QED) is 0.929. The smallest absolute Gasteiger partial charge is 0.141 e. The fraction of sp³-hybridized carbons (Fsp3) is 0.357. The van der Waals surface area contributed by atoms with Crippen LogP contribution in [0.15, 0.2) is 22.8 Å². The number of aryl methyl sites for hydroxylation is 1. The molecule has 1 aromatic heterocycles. The third-order valence-electron chi connectivity index (χ3n) is 3.44. The Morgan fingerprint density at radius 3 is 2.80 bits per heavy atom. The summed E-state index contributed by atoms with van der Waals surface area (Å²) in [7, 11) is 1.75. The lowest BCUT2D eigenvalue weighted by atomic mass is 10.1. The van der Waals surface area contributed by atoms with Gasteiger partial charge < -0.3 is 10.5 Å². The van der Waals surface area contributed by atoms with Crippen LogP contribution in [0.1, 0.15) is 12.8 Å². The van der Waals surface area contributed by atoms with Gasteiger partial charge in [-0.1, -0.05) is 0 Å². The van der Waals surface area contributed by atoms with Gasteiger partial charge in [0.05, 0.1) is 17.3 Å². The number of hydrogen-bond donors (Lipinski definition) is 1. The van der Waals surface area contributed by atoms with E-state index in [1.54, 1.807) is 17.9 Å². The van der Waals surface area contributed by atoms with E-state index in [2.05, 4.69) is 21.0 Å². The molecule has 0 radical (unpaired) electrons. The zero-order valence-corrected chi connectivity index (χ0v) is 12.7. The molecule has 106 valence electrons. The van der Waals surface area contributed by atoms with Crippen molar-refractivity contribution in [2.75, 3.05) is 12.3 Å². The molecule has 2 N–H and O–H groups in total. The molecule has 3 rings (SSSR count). The van der Waals surface area contributed by atoms with Crippen LogP contribution in [0.3, 0.4) is 0 Å². The molecule has 1 aromatic carbocycles. The van der Waals surface area contributed by atoms with Crippen LogP contribution in [0.2, 0.25) is 0 Å². The third kappa shape index (κ3) is 2.52. The van der Waals surface area contributed by atoms with Gasteiger partial charge in [-0.05, 0) is 46.8 Å². The molecule has 1 aliphatic carbocycles. The van der Waals surface area contributed by atoms with Gasteiger partial charge in [-0.25, -0.2) is 4.39 Å². The zero-order valence-electron chi connectivity index (χ0n) is 11.1. The molecule has 2 aromatic rings. The Balaban J connectivity index is 2.04. The van der Waals surface area contributed by atoms with Crippen LogP contribution in [-0.4, -0.2) is 16.4 Å². The van der Waals surface area contributed by atoms with Crippen LogP contribution in [0.4, 0.5) is 10.2 Å². The number of nitrogen functional groups attached to an aromatic ring is 1. The summed E-state index contributed by atoms with van der Waals surface area (Å²) in [6, 6.07) is 2.83. The van der Waals surface area contributed by atoms with E-state index in [1.165, 1.54) is 25.0 Å². The average Bonchev–Trinajstić information content (AvgIpc) is 3.15. The van der Waals surface area contributed by atoms with Gasteiger partial charge in [-0.2, -0.15) is 5.10 Å². The van der Waals surface area contributed by atoms with Gasteiger partial charge in [-0.3, -0.25) is 4.68 Å². The maximum Gasteiger partial charge on any atom is 0.141 e. The summed E-state index contributed by atoms with van der Waals surface area (Å²) in [6.45, 7) is 0.650. The molecule has 0 saturated heterocycles. The molecule has 1 aliphatic rings. The summed E-state index contributed by atoms with van der Waals surface area (Å²) in [5, 5.41) is 4.10. The number of benzene rings is 1. The van der Waals surface area contributed by atoms with Crippen LogP contribution in [-0.2, 0) is 7.05 Å². The van der Waals surface area contributed by atoms with Gasteiger partial charge in [0, 0.05) is 18.2 Å². The first-order chi connectivity index (χ1) is 9.56. The summed E-state index contributed by atoms with van der Waals surface area (Å²) in [5.74, 6) is 1.39. The molecular weight excluding hydrogens is 325 g/mol. The lowest BCUT2D eigenvalue weighted by Gasteiger charge is -2.13. The van der Waals surface area contributed by atoms with Gasteiger partial charge in [0.15, 0.2) is 0 Å². The van der Waals surface area contributed by atoms with Gasteiger partial charge in [0.2, 0.25) is 0 Å². The standard InChI is InChI=1S/C14H15BrFN3O/c1-19-14(17)11(6-18-19)10-4-9(16)5-12(15)13(10)20-7-8-2-3-8/h4-6,8H,2-3,7,17H2,1H3. The second kappa shape index (κ2) is 5.09. The summed E-state index contributed by atoms with van der Waals surface area (Å²) < 4.78 is 21.7. The van der Waals surface area contributed by atoms with Crippen molar-refractivity contribution in [2.45, 2.75) is 12.8 Å². The number of nitrogens with zero attached hydrogens (tertiary/aromatic N) is 2. The fourth-order valence-electron chi connectivity index (χ4n) is 2.05. The van der Waals surface area contributed by atoms with E-state index < -0.39 is 0 Å². The number of rotatable bonds is 4. The SMILES string of the molecule is Cn1ncc(-c2cc(F)cc(Br)c2OCC2CC2)c1N. The molecule has 0 bridgehead atoms. The molecule has 0 spiro atoms. The van der Waals surface area contributed by atoms with Crippen LogP contribution in [0.25, 0.3) is 11.1 Å². The highest BCUT2D eigenvalue weighted by Crippen LogP contribution is 2.41. The Hall–Kier alpha value is -1.56. The van der Waals surface area contributed by atoms with Crippen molar-refractivity contribution in [3.05, 3.63) is 28.6 Å². The number of aromatic nitrogens is 2. The van der Waals surface area contributed by atoms with Crippen LogP contribution < -0.4 is 10.5 Å². The highest BCUT2D eigenvalue weighted by atomic mass is 79.9. The van der Waals surface area contributed by atoms with Gasteiger partial charge in [0.25, 0.3) is 0 Å². The first-order valence-corrected chi connectivity index (χ1v) is 7.25. The topological polar surface area (TPSA) is 53.1 Å². The molecular formula is C14H15BrFN3O. The van der Waals surface area contributed by atoms with E-state index in [0.717, 1.165) is 0 Å². The maximum absolute atomic E-state index is 13.7. The van der Waals surface area contributed by atoms with E-state index in [9.17, 15) is 4.39 Å². The summed E-state index contributed by atoms with van der Waals surface area (Å²) in [6.07, 6.45) is 4.02. The lowest BCUT2D eigenvalue weighted by Crippen LogP contribution is -2.03. The van der Waals surface area contributed by atoms with Crippen molar-refractivity contribution < 1.29 is 9.13 Å². The number of hydrogen-bond acceptors (Lipinski definition) is 3. The van der Waals surface area contributed by atoms with Gasteiger partial charge in [0.1, 0.15) is 17.4 Å². The first-order valence-electron chi connectivity index (χ1n) is 6.46. The van der Waals surface area contributed by atoms with Crippen molar-refractivity contribution >= 4 is 21.7 Å². The van der Waals surface area contributed by atoms with E-state index >= 15 is 0 Å². The molecule has 0 aliphatic heterocycles. The maximum atomic E-state index is 13.7. The average molecular weight is 340 g/mol. The van der Waals surface area contributed by atoms with Crippen molar-refractivity contribution in [3.63, 3.8) is 0 Å². The van der Waals surface area contributed by atoms with Gasteiger partial charge >= 0.3 is 0 Å². The zero-order chi connectivity index (χ0) is 14.3. The van der Waals surface area contributed by atoms with Crippen LogP contribution in [0, 0.1) is 11.7 Å². The number of halogens is 2. The lowest BCUT2D eigenvalue weighted by molar-refractivity contribution is 0.299. The third-order valence-corrected chi connectivity index (χ3v) is 4.03. The molecule has 1 saturated carbocycles. The number of ether oxygens (including phenoxy) is 1. The molecule has 1 heterocycles. The van der Waals surface area contributed by atoms with Crippen LogP contribution in [0.5, 0.6) is 5.75 Å². The van der Waals surface area contributed by atoms with E-state index in [-0.39, 0.29) is 5.82 Å². The number of anilines is 1. The molecule has 0 unspecified atom stereocenters. The Bertz CT molecular complexity index is 652. The van der Waals surface area contributed by atoms with E-state index in [0.29, 0.717) is 39.7 Å². The summed E-state index contributed by atoms with van der Waals surface area (Å²) >= 11 is 3.36. The second-order valence-electron chi connectivity index (χ2n) is 5.09. The summed E-state index contributed by atoms with van der Waals surface area (Å²) in [5.41, 5.74) is 7.29. The Morgan fingerprint density at radius 2 is 2.20 bits per heavy atom. The van der Waals surface area contributed by atoms with E-state index in [1.807, 2.05) is 0 Å². The van der Waals surface area contributed by atoms with Crippen molar-refractivity contribution in [2.24, 2.45) is 13.0 Å². The normalized spacial score (nSPS) is 14.6. The Morgan fingerprint density at radius 1 is 1.45 bits per heavy atom. The fourth-order valence-corrected chi connectivity index (χ4v) is 2.59. The molecule has 0 amide bonds. The summed E-state index contributed by atoms with van der Waals surface area (Å²) in [4.78, 5) is 0. The highest BCUT2D eigenvalue weighted by Gasteiger charge is 2.24. The molecule has 6 heteroatoms. The van der Waals surface area contributed by atoms with Crippen molar-refractivity contribution in [3.8, 4) is 16.9 Å². The van der Waals surface area contributed by atoms with Gasteiger partial charge in [-0.15, -0.1) is 0 Å². The first kappa shape index (κ1) is 13.4. The molecule has 20 heavy (non-hydrogen) atoms. The minimum atomic E-state index is -0.339. The molecule has 1 fully saturated rings. The monoisotopic (exact) mass is 339 g/mol. The Labute approximate surface area is 124 Å². The predicted molar refractivity (Wildman–Crippen MR) is 78.9 cm³/mol. The minimum absolute atomic E-state index is 0.339. The predicted octanol–water partition coefficient (Wildman–Crippen LogP) is 3.36. The highest BCUT2D eigenvalue weighted by molar-refractivity contribution is 9.10. The van der Waals surface area contributed by atoms with E-state index in [4.69, 9.17) is 10.5 Å². The van der Waals surface area contributed by atoms with Crippen LogP contribution >= 0.6 is 15.9 Å².